The number of nitrogens with zero attached hydrogens (tertiary/aromatic N) is 1. The number of hydrogen-bond acceptors (Lipinski definition) is 3. The number of H-pyrrole nitrogens is 1. The van der Waals surface area contributed by atoms with E-state index in [4.69, 9.17) is 5.11 Å². The molecular weight excluding hydrogens is 330 g/mol. The Bertz CT molecular complexity index is 834. The van der Waals surface area contributed by atoms with Gasteiger partial charge in [0, 0.05) is 35.2 Å². The van der Waals surface area contributed by atoms with Gasteiger partial charge in [0.1, 0.15) is 0 Å². The Kier molecular flexibility index (Phi) is 4.44. The van der Waals surface area contributed by atoms with Crippen LogP contribution in [0, 0.1) is 12.8 Å². The zero-order chi connectivity index (χ0) is 18.3. The van der Waals surface area contributed by atoms with Crippen LogP contribution in [-0.2, 0) is 4.79 Å². The highest BCUT2D eigenvalue weighted by atomic mass is 16.4. The number of fused-ring (bicyclic) bond motifs is 1. The summed E-state index contributed by atoms with van der Waals surface area (Å²) in [5.41, 5.74) is 2.56. The number of rotatable bonds is 7. The third-order valence-corrected chi connectivity index (χ3v) is 5.61. The highest BCUT2D eigenvalue weighted by Gasteiger charge is 2.38. The number of nitrogens with one attached hydrogen (secondary N) is 2. The van der Waals surface area contributed by atoms with E-state index in [0.717, 1.165) is 36.0 Å². The molecule has 0 atom stereocenters. The van der Waals surface area contributed by atoms with Crippen LogP contribution < -0.4 is 5.32 Å². The van der Waals surface area contributed by atoms with Crippen LogP contribution in [0.2, 0.25) is 0 Å². The zero-order valence-corrected chi connectivity index (χ0v) is 15.0. The normalized spacial score (nSPS) is 22.4. The molecule has 2 aliphatic rings. The first kappa shape index (κ1) is 17.1. The third-order valence-electron chi connectivity index (χ3n) is 5.61. The van der Waals surface area contributed by atoms with Gasteiger partial charge < -0.3 is 15.4 Å². The fourth-order valence-corrected chi connectivity index (χ4v) is 3.98. The summed E-state index contributed by atoms with van der Waals surface area (Å²) in [6.07, 6.45) is 4.08. The van der Waals surface area contributed by atoms with Crippen LogP contribution in [0.1, 0.15) is 41.7 Å². The summed E-state index contributed by atoms with van der Waals surface area (Å²) in [6.45, 7) is 2.89. The second-order valence-electron chi connectivity index (χ2n) is 7.73. The Morgan fingerprint density at radius 1 is 1.27 bits per heavy atom. The van der Waals surface area contributed by atoms with Crippen molar-refractivity contribution >= 4 is 22.8 Å². The van der Waals surface area contributed by atoms with Gasteiger partial charge in [-0.05, 0) is 44.6 Å². The minimum atomic E-state index is -0.771. The molecule has 0 unspecified atom stereocenters. The van der Waals surface area contributed by atoms with Crippen LogP contribution in [0.25, 0.3) is 10.9 Å². The summed E-state index contributed by atoms with van der Waals surface area (Å²) >= 11 is 0. The molecule has 1 amide bonds. The maximum Gasteiger partial charge on any atom is 0.317 e. The number of para-hydroxylation sites is 1. The fourth-order valence-electron chi connectivity index (χ4n) is 3.98. The highest BCUT2D eigenvalue weighted by Crippen LogP contribution is 2.34. The molecular formula is C20H25N3O3. The number of carbonyl (C=O) groups is 2. The van der Waals surface area contributed by atoms with Crippen LogP contribution in [-0.4, -0.2) is 52.0 Å². The van der Waals surface area contributed by atoms with E-state index in [1.165, 1.54) is 12.8 Å². The van der Waals surface area contributed by atoms with E-state index < -0.39 is 5.97 Å². The molecule has 2 aromatic rings. The van der Waals surface area contributed by atoms with Crippen molar-refractivity contribution in [2.75, 3.05) is 13.1 Å². The maximum atomic E-state index is 12.7. The van der Waals surface area contributed by atoms with E-state index in [2.05, 4.69) is 15.2 Å². The first-order chi connectivity index (χ1) is 12.5. The quantitative estimate of drug-likeness (QED) is 0.712. The minimum Gasteiger partial charge on any atom is -0.480 e. The predicted octanol–water partition coefficient (Wildman–Crippen LogP) is 2.53. The molecule has 138 valence electrons. The Hall–Kier alpha value is -2.34. The molecule has 1 heterocycles. The molecule has 0 aliphatic heterocycles. The molecule has 3 N–H and O–H groups in total. The number of carboxylic acid groups (broad SMARTS) is 1. The van der Waals surface area contributed by atoms with Crippen molar-refractivity contribution in [1.82, 2.24) is 15.2 Å². The minimum absolute atomic E-state index is 0.0459. The molecule has 0 spiro atoms. The Labute approximate surface area is 152 Å². The molecule has 4 rings (SSSR count). The van der Waals surface area contributed by atoms with Crippen molar-refractivity contribution in [2.24, 2.45) is 5.92 Å². The first-order valence-electron chi connectivity index (χ1n) is 9.35. The number of carboxylic acids is 1. The molecule has 2 aliphatic carbocycles. The Morgan fingerprint density at radius 2 is 2.00 bits per heavy atom. The average molecular weight is 355 g/mol. The van der Waals surface area contributed by atoms with Crippen LogP contribution in [0.4, 0.5) is 0 Å². The number of amides is 1. The number of aliphatic carboxylic acids is 1. The van der Waals surface area contributed by atoms with Crippen molar-refractivity contribution in [3.05, 3.63) is 35.5 Å². The molecule has 2 saturated carbocycles. The van der Waals surface area contributed by atoms with E-state index in [1.54, 1.807) is 0 Å². The standard InChI is InChI=1S/C20H25N3O3/c1-12-19(16-4-2-3-5-17(16)21-12)20(26)22-14-8-15(9-14)23(11-18(24)25)10-13-6-7-13/h2-5,13-15,21H,6-11H2,1H3,(H,22,26)(H,24,25). The summed E-state index contributed by atoms with van der Waals surface area (Å²) in [7, 11) is 0. The Morgan fingerprint density at radius 3 is 2.69 bits per heavy atom. The lowest BCUT2D eigenvalue weighted by Crippen LogP contribution is -2.55. The average Bonchev–Trinajstić information content (AvgIpc) is 3.29. The van der Waals surface area contributed by atoms with Crippen molar-refractivity contribution in [1.29, 1.82) is 0 Å². The van der Waals surface area contributed by atoms with Gasteiger partial charge in [0.2, 0.25) is 0 Å². The molecule has 1 aromatic carbocycles. The van der Waals surface area contributed by atoms with Gasteiger partial charge >= 0.3 is 5.97 Å². The molecule has 0 radical (unpaired) electrons. The second-order valence-corrected chi connectivity index (χ2v) is 7.73. The molecule has 26 heavy (non-hydrogen) atoms. The van der Waals surface area contributed by atoms with Crippen LogP contribution in [0.5, 0.6) is 0 Å². The summed E-state index contributed by atoms with van der Waals surface area (Å²) < 4.78 is 0. The lowest BCUT2D eigenvalue weighted by Gasteiger charge is -2.42. The highest BCUT2D eigenvalue weighted by molar-refractivity contribution is 6.08. The van der Waals surface area contributed by atoms with Gasteiger partial charge in [-0.3, -0.25) is 14.5 Å². The van der Waals surface area contributed by atoms with E-state index in [1.807, 2.05) is 31.2 Å². The zero-order valence-electron chi connectivity index (χ0n) is 15.0. The van der Waals surface area contributed by atoms with Crippen molar-refractivity contribution in [3.8, 4) is 0 Å². The molecule has 0 bridgehead atoms. The van der Waals surface area contributed by atoms with Crippen molar-refractivity contribution < 1.29 is 14.7 Å². The van der Waals surface area contributed by atoms with Gasteiger partial charge in [-0.25, -0.2) is 0 Å². The second kappa shape index (κ2) is 6.76. The SMILES string of the molecule is Cc1[nH]c2ccccc2c1C(=O)NC1CC(N(CC(=O)O)CC2CC2)C1. The van der Waals surface area contributed by atoms with Crippen molar-refractivity contribution in [2.45, 2.75) is 44.7 Å². The lowest BCUT2D eigenvalue weighted by molar-refractivity contribution is -0.139. The first-order valence-corrected chi connectivity index (χ1v) is 9.35. The van der Waals surface area contributed by atoms with E-state index in [9.17, 15) is 9.59 Å². The van der Waals surface area contributed by atoms with Gasteiger partial charge in [0.25, 0.3) is 5.91 Å². The topological polar surface area (TPSA) is 85.4 Å². The number of aromatic nitrogens is 1. The summed E-state index contributed by atoms with van der Waals surface area (Å²) in [6, 6.07) is 8.21. The molecule has 2 fully saturated rings. The van der Waals surface area contributed by atoms with Crippen molar-refractivity contribution in [3.63, 3.8) is 0 Å². The van der Waals surface area contributed by atoms with Gasteiger partial charge in [0.05, 0.1) is 12.1 Å². The van der Waals surface area contributed by atoms with Gasteiger partial charge in [-0.1, -0.05) is 18.2 Å². The number of hydrogen-bond donors (Lipinski definition) is 3. The molecule has 6 heteroatoms. The molecule has 0 saturated heterocycles. The number of benzene rings is 1. The van der Waals surface area contributed by atoms with E-state index >= 15 is 0 Å². The van der Waals surface area contributed by atoms with Gasteiger partial charge in [0.15, 0.2) is 0 Å². The third kappa shape index (κ3) is 3.46. The largest absolute Gasteiger partial charge is 0.480 e. The smallest absolute Gasteiger partial charge is 0.317 e. The predicted molar refractivity (Wildman–Crippen MR) is 99.2 cm³/mol. The number of carbonyl (C=O) groups excluding carboxylic acids is 1. The number of aromatic amines is 1. The van der Waals surface area contributed by atoms with Gasteiger partial charge in [-0.15, -0.1) is 0 Å². The van der Waals surface area contributed by atoms with E-state index in [-0.39, 0.29) is 24.5 Å². The summed E-state index contributed by atoms with van der Waals surface area (Å²) in [5, 5.41) is 13.2. The summed E-state index contributed by atoms with van der Waals surface area (Å²) in [5.74, 6) is -0.153. The molecule has 1 aromatic heterocycles. The van der Waals surface area contributed by atoms with Crippen LogP contribution in [0.3, 0.4) is 0 Å². The fraction of sp³-hybridized carbons (Fsp3) is 0.500. The van der Waals surface area contributed by atoms with E-state index in [0.29, 0.717) is 11.5 Å². The summed E-state index contributed by atoms with van der Waals surface area (Å²) in [4.78, 5) is 29.2. The Balaban J connectivity index is 1.37. The maximum absolute atomic E-state index is 12.7. The molecule has 6 nitrogen and oxygen atoms in total. The lowest BCUT2D eigenvalue weighted by atomic mass is 9.85. The number of aryl methyl sites for hydroxylation is 1. The monoisotopic (exact) mass is 355 g/mol. The van der Waals surface area contributed by atoms with Crippen LogP contribution in [0.15, 0.2) is 24.3 Å². The van der Waals surface area contributed by atoms with Gasteiger partial charge in [-0.2, -0.15) is 0 Å². The van der Waals surface area contributed by atoms with Crippen LogP contribution >= 0.6 is 0 Å².